The van der Waals surface area contributed by atoms with Crippen molar-refractivity contribution in [2.24, 2.45) is 0 Å². The van der Waals surface area contributed by atoms with Crippen LogP contribution >= 0.6 is 15.9 Å². The van der Waals surface area contributed by atoms with Gasteiger partial charge in [-0.25, -0.2) is 14.6 Å². The lowest BCUT2D eigenvalue weighted by atomic mass is 10.1. The minimum Gasteiger partial charge on any atom is -0.383 e. The molecule has 3 N–H and O–H groups in total. The minimum absolute atomic E-state index is 0.0264. The van der Waals surface area contributed by atoms with Gasteiger partial charge < -0.3 is 20.9 Å². The number of aromatic nitrogens is 4. The number of carbonyl (C=O) groups is 3. The molecule has 35 heavy (non-hydrogen) atoms. The number of anilines is 2. The molecule has 1 aliphatic heterocycles. The van der Waals surface area contributed by atoms with E-state index in [0.717, 1.165) is 5.56 Å². The number of likely N-dealkylation sites (N-methyl/N-ethyl adjacent to an activating group) is 1. The number of fused-ring (bicyclic) bond motifs is 1. The minimum atomic E-state index is -0.481. The zero-order valence-corrected chi connectivity index (χ0v) is 20.9. The van der Waals surface area contributed by atoms with Crippen LogP contribution in [0, 0.1) is 0 Å². The molecule has 3 aromatic rings. The van der Waals surface area contributed by atoms with Gasteiger partial charge in [0, 0.05) is 31.7 Å². The first kappa shape index (κ1) is 24.3. The maximum atomic E-state index is 13.3. The van der Waals surface area contributed by atoms with Gasteiger partial charge in [-0.2, -0.15) is 5.10 Å². The predicted molar refractivity (Wildman–Crippen MR) is 135 cm³/mol. The van der Waals surface area contributed by atoms with Crippen molar-refractivity contribution in [3.8, 4) is 0 Å². The Morgan fingerprint density at radius 1 is 1.31 bits per heavy atom. The number of nitrogens with one attached hydrogen (secondary N) is 1. The molecule has 1 aliphatic rings. The standard InChI is InChI=1S/C23H25BrN8O3/c1-4-17(33)31-8-7-14(11-31)32-22-19(21(25)26-12-27-22)20(29-32)23(35)28-16-6-5-13(9-15(16)24)10-18(34)30(2)3/h4-6,9,12,14H,1,7-8,10-11H2,2-3H3,(H,28,35)(H2,25,26,27)/t14-/m1/s1. The average Bonchev–Trinajstić information content (AvgIpc) is 3.46. The van der Waals surface area contributed by atoms with Crippen molar-refractivity contribution >= 4 is 56.2 Å². The highest BCUT2D eigenvalue weighted by Gasteiger charge is 2.31. The van der Waals surface area contributed by atoms with E-state index in [1.165, 1.54) is 17.3 Å². The van der Waals surface area contributed by atoms with Crippen LogP contribution in [0.1, 0.15) is 28.5 Å². The third-order valence-electron chi connectivity index (χ3n) is 5.86. The van der Waals surface area contributed by atoms with E-state index in [4.69, 9.17) is 5.73 Å². The van der Waals surface area contributed by atoms with Gasteiger partial charge in [-0.1, -0.05) is 12.6 Å². The molecule has 1 aromatic carbocycles. The van der Waals surface area contributed by atoms with Gasteiger partial charge in [-0.05, 0) is 46.1 Å². The average molecular weight is 541 g/mol. The Balaban J connectivity index is 1.62. The summed E-state index contributed by atoms with van der Waals surface area (Å²) in [4.78, 5) is 48.8. The largest absolute Gasteiger partial charge is 0.383 e. The monoisotopic (exact) mass is 540 g/mol. The number of nitrogen functional groups attached to an aromatic ring is 1. The molecule has 0 saturated carbocycles. The topological polar surface area (TPSA) is 139 Å². The Hall–Kier alpha value is -3.80. The van der Waals surface area contributed by atoms with Crippen LogP contribution in [-0.2, 0) is 16.0 Å². The molecule has 0 radical (unpaired) electrons. The summed E-state index contributed by atoms with van der Waals surface area (Å²) in [5.41, 5.74) is 7.94. The molecule has 182 valence electrons. The summed E-state index contributed by atoms with van der Waals surface area (Å²) in [5, 5.41) is 7.74. The van der Waals surface area contributed by atoms with Crippen LogP contribution in [0.5, 0.6) is 0 Å². The van der Waals surface area contributed by atoms with Gasteiger partial charge in [0.05, 0.1) is 23.5 Å². The Labute approximate surface area is 210 Å². The van der Waals surface area contributed by atoms with Crippen molar-refractivity contribution in [2.75, 3.05) is 38.2 Å². The van der Waals surface area contributed by atoms with Crippen LogP contribution < -0.4 is 11.1 Å². The quantitative estimate of drug-likeness (QED) is 0.455. The molecule has 1 atom stereocenters. The number of halogens is 1. The van der Waals surface area contributed by atoms with E-state index in [1.54, 1.807) is 41.9 Å². The second-order valence-electron chi connectivity index (χ2n) is 8.41. The van der Waals surface area contributed by atoms with E-state index in [9.17, 15) is 14.4 Å². The lowest BCUT2D eigenvalue weighted by molar-refractivity contribution is -0.128. The zero-order valence-electron chi connectivity index (χ0n) is 19.4. The van der Waals surface area contributed by atoms with E-state index in [0.29, 0.717) is 40.7 Å². The molecule has 0 unspecified atom stereocenters. The van der Waals surface area contributed by atoms with Crippen LogP contribution in [0.4, 0.5) is 11.5 Å². The molecule has 0 aliphatic carbocycles. The molecule has 0 bridgehead atoms. The van der Waals surface area contributed by atoms with E-state index in [1.807, 2.05) is 0 Å². The van der Waals surface area contributed by atoms with Gasteiger partial charge in [0.25, 0.3) is 5.91 Å². The number of nitrogens with two attached hydrogens (primary N) is 1. The summed E-state index contributed by atoms with van der Waals surface area (Å²) < 4.78 is 2.26. The molecule has 3 heterocycles. The summed E-state index contributed by atoms with van der Waals surface area (Å²) in [6, 6.07) is 5.11. The van der Waals surface area contributed by atoms with Crippen molar-refractivity contribution < 1.29 is 14.4 Å². The van der Waals surface area contributed by atoms with Crippen molar-refractivity contribution in [3.63, 3.8) is 0 Å². The number of carbonyl (C=O) groups excluding carboxylic acids is 3. The van der Waals surface area contributed by atoms with E-state index in [2.05, 4.69) is 42.9 Å². The highest BCUT2D eigenvalue weighted by molar-refractivity contribution is 9.10. The van der Waals surface area contributed by atoms with Crippen molar-refractivity contribution in [2.45, 2.75) is 18.9 Å². The molecule has 3 amide bonds. The van der Waals surface area contributed by atoms with E-state index in [-0.39, 0.29) is 35.8 Å². The lowest BCUT2D eigenvalue weighted by Crippen LogP contribution is -2.27. The summed E-state index contributed by atoms with van der Waals surface area (Å²) >= 11 is 3.47. The van der Waals surface area contributed by atoms with Gasteiger partial charge in [-0.3, -0.25) is 14.4 Å². The molecule has 11 nitrogen and oxygen atoms in total. The predicted octanol–water partition coefficient (Wildman–Crippen LogP) is 2.01. The molecule has 1 saturated heterocycles. The Bertz CT molecular complexity index is 1340. The number of hydrogen-bond acceptors (Lipinski definition) is 7. The maximum Gasteiger partial charge on any atom is 0.277 e. The Morgan fingerprint density at radius 3 is 2.77 bits per heavy atom. The third kappa shape index (κ3) is 4.87. The molecule has 4 rings (SSSR count). The maximum absolute atomic E-state index is 13.3. The fraction of sp³-hybridized carbons (Fsp3) is 0.304. The molecule has 2 aromatic heterocycles. The van der Waals surface area contributed by atoms with Gasteiger partial charge >= 0.3 is 0 Å². The number of amides is 3. The number of likely N-dealkylation sites (tertiary alicyclic amines) is 1. The van der Waals surface area contributed by atoms with Gasteiger partial charge in [-0.15, -0.1) is 0 Å². The Morgan fingerprint density at radius 2 is 2.09 bits per heavy atom. The molecular weight excluding hydrogens is 516 g/mol. The van der Waals surface area contributed by atoms with Crippen LogP contribution in [0.3, 0.4) is 0 Å². The SMILES string of the molecule is C=CC(=O)N1CC[C@@H](n2nc(C(=O)Nc3ccc(CC(=O)N(C)C)cc3Br)c3c(N)ncnc32)C1. The van der Waals surface area contributed by atoms with Crippen LogP contribution in [0.25, 0.3) is 11.0 Å². The van der Waals surface area contributed by atoms with E-state index >= 15 is 0 Å². The van der Waals surface area contributed by atoms with Gasteiger partial charge in [0.2, 0.25) is 11.8 Å². The van der Waals surface area contributed by atoms with Crippen LogP contribution in [-0.4, -0.2) is 74.5 Å². The second-order valence-corrected chi connectivity index (χ2v) is 9.27. The number of nitrogens with zero attached hydrogens (tertiary/aromatic N) is 6. The number of rotatable bonds is 6. The fourth-order valence-electron chi connectivity index (χ4n) is 3.96. The van der Waals surface area contributed by atoms with E-state index < -0.39 is 5.91 Å². The van der Waals surface area contributed by atoms with Crippen LogP contribution in [0.2, 0.25) is 0 Å². The number of hydrogen-bond donors (Lipinski definition) is 2. The summed E-state index contributed by atoms with van der Waals surface area (Å²) in [6.07, 6.45) is 3.50. The molecule has 0 spiro atoms. The molecule has 12 heteroatoms. The number of benzene rings is 1. The first-order valence-corrected chi connectivity index (χ1v) is 11.7. The fourth-order valence-corrected chi connectivity index (χ4v) is 4.49. The highest BCUT2D eigenvalue weighted by Crippen LogP contribution is 2.30. The van der Waals surface area contributed by atoms with Gasteiger partial charge in [0.1, 0.15) is 12.1 Å². The van der Waals surface area contributed by atoms with Crippen molar-refractivity contribution in [1.82, 2.24) is 29.5 Å². The first-order valence-electron chi connectivity index (χ1n) is 10.9. The summed E-state index contributed by atoms with van der Waals surface area (Å²) in [5.74, 6) is -0.525. The second kappa shape index (κ2) is 9.82. The van der Waals surface area contributed by atoms with Crippen molar-refractivity contribution in [1.29, 1.82) is 0 Å². The molecule has 1 fully saturated rings. The smallest absolute Gasteiger partial charge is 0.277 e. The van der Waals surface area contributed by atoms with Crippen molar-refractivity contribution in [3.05, 3.63) is 52.9 Å². The van der Waals surface area contributed by atoms with Gasteiger partial charge in [0.15, 0.2) is 11.3 Å². The molecular formula is C23H25BrN8O3. The summed E-state index contributed by atoms with van der Waals surface area (Å²) in [6.45, 7) is 4.51. The van der Waals surface area contributed by atoms with Crippen LogP contribution in [0.15, 0.2) is 41.7 Å². The highest BCUT2D eigenvalue weighted by atomic mass is 79.9. The zero-order chi connectivity index (χ0) is 25.3. The summed E-state index contributed by atoms with van der Waals surface area (Å²) in [7, 11) is 3.40. The lowest BCUT2D eigenvalue weighted by Gasteiger charge is -2.14. The Kier molecular flexibility index (Phi) is 6.83. The third-order valence-corrected chi connectivity index (χ3v) is 6.52. The first-order chi connectivity index (χ1) is 16.7. The normalized spacial score (nSPS) is 15.3.